The van der Waals surface area contributed by atoms with Gasteiger partial charge in [-0.2, -0.15) is 0 Å². The molecule has 3 nitrogen and oxygen atoms in total. The van der Waals surface area contributed by atoms with Gasteiger partial charge < -0.3 is 10.2 Å². The summed E-state index contributed by atoms with van der Waals surface area (Å²) in [6, 6.07) is 16.1. The number of nitrogens with zero attached hydrogens (tertiary/aromatic N) is 1. The third-order valence-corrected chi connectivity index (χ3v) is 6.31. The van der Waals surface area contributed by atoms with Crippen LogP contribution in [0.4, 0.5) is 0 Å². The van der Waals surface area contributed by atoms with Crippen LogP contribution in [0.2, 0.25) is 5.02 Å². The summed E-state index contributed by atoms with van der Waals surface area (Å²) in [5, 5.41) is 3.60. The molecular weight excluding hydrogens is 344 g/mol. The van der Waals surface area contributed by atoms with E-state index in [-0.39, 0.29) is 5.91 Å². The molecule has 0 unspecified atom stereocenters. The molecule has 2 aromatic carbocycles. The van der Waals surface area contributed by atoms with Gasteiger partial charge in [0.2, 0.25) is 0 Å². The standard InChI is InChI=1S/C22H25ClN2O/c23-19-6-3-5-18(16-19)21(26)24-12-15-25-13-10-22(11-14-25)9-8-17-4-1-2-7-20(17)22/h1-7,16H,8-15H2,(H,24,26). The van der Waals surface area contributed by atoms with Crippen LogP contribution in [0.5, 0.6) is 0 Å². The number of likely N-dealkylation sites (tertiary alicyclic amines) is 1. The van der Waals surface area contributed by atoms with Gasteiger partial charge in [0.15, 0.2) is 0 Å². The van der Waals surface area contributed by atoms with E-state index in [9.17, 15) is 4.79 Å². The summed E-state index contributed by atoms with van der Waals surface area (Å²) >= 11 is 5.95. The minimum atomic E-state index is -0.0503. The Balaban J connectivity index is 1.27. The SMILES string of the molecule is O=C(NCCN1CCC2(CCc3ccccc32)CC1)c1cccc(Cl)c1. The normalized spacial score (nSPS) is 18.7. The van der Waals surface area contributed by atoms with E-state index in [2.05, 4.69) is 34.5 Å². The molecule has 1 N–H and O–H groups in total. The van der Waals surface area contributed by atoms with Gasteiger partial charge in [-0.15, -0.1) is 0 Å². The number of hydrogen-bond acceptors (Lipinski definition) is 2. The maximum atomic E-state index is 12.2. The predicted octanol–water partition coefficient (Wildman–Crippen LogP) is 4.05. The number of benzene rings is 2. The molecule has 1 spiro atoms. The van der Waals surface area contributed by atoms with E-state index in [1.54, 1.807) is 35.4 Å². The van der Waals surface area contributed by atoms with Gasteiger partial charge >= 0.3 is 0 Å². The lowest BCUT2D eigenvalue weighted by molar-refractivity contribution is 0.0941. The van der Waals surface area contributed by atoms with Gasteiger partial charge in [-0.05, 0) is 73.5 Å². The summed E-state index contributed by atoms with van der Waals surface area (Å²) in [6.45, 7) is 3.81. The zero-order chi connectivity index (χ0) is 18.0. The molecule has 0 bridgehead atoms. The van der Waals surface area contributed by atoms with E-state index in [0.717, 1.165) is 19.6 Å². The van der Waals surface area contributed by atoms with Crippen LogP contribution in [0.1, 0.15) is 40.7 Å². The first-order valence-corrected chi connectivity index (χ1v) is 9.89. The first-order chi connectivity index (χ1) is 12.7. The molecule has 4 rings (SSSR count). The highest BCUT2D eigenvalue weighted by atomic mass is 35.5. The lowest BCUT2D eigenvalue weighted by atomic mass is 9.74. The Morgan fingerprint density at radius 2 is 1.88 bits per heavy atom. The largest absolute Gasteiger partial charge is 0.351 e. The van der Waals surface area contributed by atoms with Gasteiger partial charge in [-0.3, -0.25) is 4.79 Å². The van der Waals surface area contributed by atoms with Crippen molar-refractivity contribution in [3.05, 3.63) is 70.2 Å². The van der Waals surface area contributed by atoms with Gasteiger partial charge in [0.05, 0.1) is 0 Å². The van der Waals surface area contributed by atoms with Gasteiger partial charge in [0.25, 0.3) is 5.91 Å². The molecule has 2 aliphatic rings. The molecule has 0 aromatic heterocycles. The number of aryl methyl sites for hydroxylation is 1. The number of fused-ring (bicyclic) bond motifs is 2. The Morgan fingerprint density at radius 1 is 1.08 bits per heavy atom. The Bertz CT molecular complexity index is 796. The van der Waals surface area contributed by atoms with Crippen LogP contribution in [-0.2, 0) is 11.8 Å². The van der Waals surface area contributed by atoms with Crippen LogP contribution in [-0.4, -0.2) is 37.0 Å². The molecule has 1 saturated heterocycles. The van der Waals surface area contributed by atoms with E-state index in [0.29, 0.717) is 22.5 Å². The minimum absolute atomic E-state index is 0.0503. The van der Waals surface area contributed by atoms with Gasteiger partial charge in [0, 0.05) is 23.7 Å². The molecule has 0 atom stereocenters. The number of rotatable bonds is 4. The second kappa shape index (κ2) is 7.42. The molecule has 1 amide bonds. The molecule has 1 heterocycles. The topological polar surface area (TPSA) is 32.3 Å². The van der Waals surface area contributed by atoms with Gasteiger partial charge in [-0.25, -0.2) is 0 Å². The highest BCUT2D eigenvalue weighted by Gasteiger charge is 2.40. The van der Waals surface area contributed by atoms with E-state index in [1.165, 1.54) is 25.7 Å². The summed E-state index contributed by atoms with van der Waals surface area (Å²) in [5.74, 6) is -0.0503. The minimum Gasteiger partial charge on any atom is -0.351 e. The first kappa shape index (κ1) is 17.6. The summed E-state index contributed by atoms with van der Waals surface area (Å²) in [4.78, 5) is 14.7. The van der Waals surface area contributed by atoms with Crippen molar-refractivity contribution in [2.45, 2.75) is 31.1 Å². The van der Waals surface area contributed by atoms with Crippen molar-refractivity contribution >= 4 is 17.5 Å². The van der Waals surface area contributed by atoms with Crippen molar-refractivity contribution in [1.29, 1.82) is 0 Å². The maximum absolute atomic E-state index is 12.2. The van der Waals surface area contributed by atoms with Crippen molar-refractivity contribution in [2.24, 2.45) is 0 Å². The Hall–Kier alpha value is -1.84. The molecule has 1 aliphatic heterocycles. The molecule has 1 aliphatic carbocycles. The average molecular weight is 369 g/mol. The average Bonchev–Trinajstić information content (AvgIpc) is 3.02. The highest BCUT2D eigenvalue weighted by molar-refractivity contribution is 6.30. The molecule has 26 heavy (non-hydrogen) atoms. The number of piperidine rings is 1. The van der Waals surface area contributed by atoms with E-state index in [4.69, 9.17) is 11.6 Å². The van der Waals surface area contributed by atoms with Crippen LogP contribution in [0.25, 0.3) is 0 Å². The van der Waals surface area contributed by atoms with Crippen molar-refractivity contribution in [3.8, 4) is 0 Å². The Kier molecular flexibility index (Phi) is 5.01. The Morgan fingerprint density at radius 3 is 2.69 bits per heavy atom. The number of amides is 1. The predicted molar refractivity (Wildman–Crippen MR) is 106 cm³/mol. The molecule has 1 fully saturated rings. The molecule has 136 valence electrons. The van der Waals surface area contributed by atoms with Crippen molar-refractivity contribution in [2.75, 3.05) is 26.2 Å². The monoisotopic (exact) mass is 368 g/mol. The number of halogens is 1. The van der Waals surface area contributed by atoms with E-state index < -0.39 is 0 Å². The van der Waals surface area contributed by atoms with Crippen molar-refractivity contribution in [3.63, 3.8) is 0 Å². The lowest BCUT2D eigenvalue weighted by Crippen LogP contribution is -2.44. The van der Waals surface area contributed by atoms with Gasteiger partial charge in [0.1, 0.15) is 0 Å². The fourth-order valence-corrected chi connectivity index (χ4v) is 4.74. The molecular formula is C22H25ClN2O. The van der Waals surface area contributed by atoms with Crippen LogP contribution in [0.15, 0.2) is 48.5 Å². The summed E-state index contributed by atoms with van der Waals surface area (Å²) in [7, 11) is 0. The third-order valence-electron chi connectivity index (χ3n) is 6.08. The quantitative estimate of drug-likeness (QED) is 0.882. The smallest absolute Gasteiger partial charge is 0.251 e. The fraction of sp³-hybridized carbons (Fsp3) is 0.409. The maximum Gasteiger partial charge on any atom is 0.251 e. The van der Waals surface area contributed by atoms with Crippen LogP contribution in [0, 0.1) is 0 Å². The fourth-order valence-electron chi connectivity index (χ4n) is 4.55. The van der Waals surface area contributed by atoms with Gasteiger partial charge in [-0.1, -0.05) is 41.9 Å². The number of carbonyl (C=O) groups excluding carboxylic acids is 1. The zero-order valence-corrected chi connectivity index (χ0v) is 15.8. The van der Waals surface area contributed by atoms with Crippen LogP contribution >= 0.6 is 11.6 Å². The van der Waals surface area contributed by atoms with Crippen molar-refractivity contribution < 1.29 is 4.79 Å². The first-order valence-electron chi connectivity index (χ1n) is 9.51. The third kappa shape index (κ3) is 3.51. The number of carbonyl (C=O) groups is 1. The van der Waals surface area contributed by atoms with E-state index >= 15 is 0 Å². The summed E-state index contributed by atoms with van der Waals surface area (Å²) in [6.07, 6.45) is 4.98. The van der Waals surface area contributed by atoms with E-state index in [1.807, 2.05) is 0 Å². The summed E-state index contributed by atoms with van der Waals surface area (Å²) < 4.78 is 0. The molecule has 4 heteroatoms. The molecule has 0 saturated carbocycles. The molecule has 2 aromatic rings. The number of hydrogen-bond donors (Lipinski definition) is 1. The van der Waals surface area contributed by atoms with Crippen LogP contribution in [0.3, 0.4) is 0 Å². The second-order valence-corrected chi connectivity index (χ2v) is 7.98. The lowest BCUT2D eigenvalue weighted by Gasteiger charge is -2.40. The molecule has 0 radical (unpaired) electrons. The highest BCUT2D eigenvalue weighted by Crippen LogP contribution is 2.45. The second-order valence-electron chi connectivity index (χ2n) is 7.55. The Labute approximate surface area is 160 Å². The number of nitrogens with one attached hydrogen (secondary N) is 1. The van der Waals surface area contributed by atoms with Crippen LogP contribution < -0.4 is 5.32 Å². The summed E-state index contributed by atoms with van der Waals surface area (Å²) in [5.41, 5.74) is 4.17. The van der Waals surface area contributed by atoms with Crippen molar-refractivity contribution in [1.82, 2.24) is 10.2 Å². The zero-order valence-electron chi connectivity index (χ0n) is 15.0.